The Labute approximate surface area is 238 Å². The van der Waals surface area contributed by atoms with Gasteiger partial charge >= 0.3 is 6.03 Å². The smallest absolute Gasteiger partial charge is 0.315 e. The molecule has 0 aromatic heterocycles. The second kappa shape index (κ2) is 11.1. The number of ether oxygens (including phenoxy) is 1. The molecule has 5 nitrogen and oxygen atoms in total. The van der Waals surface area contributed by atoms with Crippen LogP contribution in [0.25, 0.3) is 0 Å². The third-order valence-corrected chi connectivity index (χ3v) is 13.8. The molecule has 6 rings (SSSR count). The predicted molar refractivity (Wildman–Crippen MR) is 156 cm³/mol. The third-order valence-electron chi connectivity index (χ3n) is 13.8. The van der Waals surface area contributed by atoms with Crippen LogP contribution in [0.15, 0.2) is 0 Å². The number of aliphatic hydroxyl groups excluding tert-OH is 1. The SMILES string of the molecule is C[C@@H](CO)CC[C@H]1O[C@H]2C[C@H]3[C@@H]4CC[C@@H]5C[C@@H](NC(=O)NC6CCCCC6)CC[C@]5(C)[C@H]4CC[C@]3(C)[C@H]2[C@@H]1C. The molecular weight excluding hydrogens is 484 g/mol. The minimum atomic E-state index is 0.0911. The first-order chi connectivity index (χ1) is 18.7. The largest absolute Gasteiger partial charge is 0.396 e. The fraction of sp³-hybridized carbons (Fsp3) is 0.971. The van der Waals surface area contributed by atoms with Gasteiger partial charge in [-0.3, -0.25) is 0 Å². The first-order valence-electron chi connectivity index (χ1n) is 17.1. The van der Waals surface area contributed by atoms with E-state index in [-0.39, 0.29) is 6.03 Å². The Hall–Kier alpha value is -0.810. The summed E-state index contributed by atoms with van der Waals surface area (Å²) in [7, 11) is 0. The summed E-state index contributed by atoms with van der Waals surface area (Å²) in [6, 6.07) is 0.826. The van der Waals surface area contributed by atoms with Gasteiger partial charge in [-0.05, 0) is 129 Å². The minimum Gasteiger partial charge on any atom is -0.396 e. The van der Waals surface area contributed by atoms with Crippen LogP contribution in [-0.4, -0.2) is 42.0 Å². The van der Waals surface area contributed by atoms with Gasteiger partial charge in [-0.2, -0.15) is 0 Å². The molecule has 1 aliphatic heterocycles. The second-order valence-electron chi connectivity index (χ2n) is 15.8. The summed E-state index contributed by atoms with van der Waals surface area (Å²) < 4.78 is 6.84. The van der Waals surface area contributed by atoms with Crippen LogP contribution in [0.2, 0.25) is 0 Å². The number of rotatable bonds is 6. The highest BCUT2D eigenvalue weighted by molar-refractivity contribution is 5.74. The Morgan fingerprint density at radius 3 is 2.44 bits per heavy atom. The van der Waals surface area contributed by atoms with Crippen LogP contribution in [-0.2, 0) is 4.74 Å². The van der Waals surface area contributed by atoms with E-state index < -0.39 is 0 Å². The zero-order valence-corrected chi connectivity index (χ0v) is 25.4. The van der Waals surface area contributed by atoms with Crippen LogP contribution in [0.4, 0.5) is 4.79 Å². The zero-order valence-electron chi connectivity index (χ0n) is 25.4. The van der Waals surface area contributed by atoms with Gasteiger partial charge in [0.15, 0.2) is 0 Å². The number of fused-ring (bicyclic) bond motifs is 7. The van der Waals surface area contributed by atoms with E-state index in [1.54, 1.807) is 0 Å². The molecule has 2 amide bonds. The molecule has 0 radical (unpaired) electrons. The Balaban J connectivity index is 1.07. The van der Waals surface area contributed by atoms with Crippen molar-refractivity contribution < 1.29 is 14.6 Å². The van der Waals surface area contributed by atoms with Crippen LogP contribution in [0, 0.1) is 52.3 Å². The molecule has 3 N–H and O–H groups in total. The summed E-state index contributed by atoms with van der Waals surface area (Å²) in [5, 5.41) is 16.2. The Kier molecular flexibility index (Phi) is 8.07. The van der Waals surface area contributed by atoms with E-state index in [4.69, 9.17) is 4.74 Å². The topological polar surface area (TPSA) is 70.6 Å². The van der Waals surface area contributed by atoms with Crippen molar-refractivity contribution >= 4 is 6.03 Å². The fourth-order valence-electron chi connectivity index (χ4n) is 11.6. The molecule has 5 heteroatoms. The van der Waals surface area contributed by atoms with Crippen molar-refractivity contribution in [1.29, 1.82) is 0 Å². The first-order valence-corrected chi connectivity index (χ1v) is 17.1. The molecule has 5 aliphatic carbocycles. The Morgan fingerprint density at radius 2 is 1.67 bits per heavy atom. The molecule has 6 fully saturated rings. The fourth-order valence-corrected chi connectivity index (χ4v) is 11.6. The van der Waals surface area contributed by atoms with Gasteiger partial charge in [0.1, 0.15) is 0 Å². The number of urea groups is 1. The average Bonchev–Trinajstić information content (AvgIpc) is 3.40. The highest BCUT2D eigenvalue weighted by Gasteiger charge is 2.65. The molecule has 222 valence electrons. The highest BCUT2D eigenvalue weighted by atomic mass is 16.5. The van der Waals surface area contributed by atoms with Crippen molar-refractivity contribution in [2.75, 3.05) is 6.61 Å². The van der Waals surface area contributed by atoms with Gasteiger partial charge in [-0.1, -0.05) is 47.0 Å². The van der Waals surface area contributed by atoms with Crippen molar-refractivity contribution in [1.82, 2.24) is 10.6 Å². The molecule has 1 saturated heterocycles. The van der Waals surface area contributed by atoms with E-state index in [1.807, 2.05) is 0 Å². The number of aliphatic hydroxyl groups is 1. The van der Waals surface area contributed by atoms with Gasteiger partial charge in [0.2, 0.25) is 0 Å². The van der Waals surface area contributed by atoms with Crippen LogP contribution in [0.1, 0.15) is 124 Å². The van der Waals surface area contributed by atoms with E-state index in [1.165, 1.54) is 64.2 Å². The standard InChI is InChI=1S/C34H58N2O3/c1-21(20-37)10-13-29-22(2)31-30(39-29)19-28-26-12-11-23-18-25(36-32(38)35-24-8-6-5-7-9-24)14-16-33(23,3)27(26)15-17-34(28,31)4/h21-31,37H,5-20H2,1-4H3,(H2,35,36,38)/t21-,22-,23-,25+,26-,27+,28+,29-,30+,31+,33+,34+/m1/s1. The molecule has 6 aliphatic rings. The van der Waals surface area contributed by atoms with Crippen LogP contribution in [0.3, 0.4) is 0 Å². The molecule has 12 atom stereocenters. The number of hydrogen-bond donors (Lipinski definition) is 3. The maximum atomic E-state index is 12.8. The Bertz CT molecular complexity index is 875. The molecular formula is C34H58N2O3. The number of hydrogen-bond acceptors (Lipinski definition) is 3. The molecule has 5 saturated carbocycles. The number of nitrogens with one attached hydrogen (secondary N) is 2. The van der Waals surface area contributed by atoms with Gasteiger partial charge in [-0.15, -0.1) is 0 Å². The maximum absolute atomic E-state index is 12.8. The predicted octanol–water partition coefficient (Wildman–Crippen LogP) is 7.07. The van der Waals surface area contributed by atoms with Crippen molar-refractivity contribution in [3.63, 3.8) is 0 Å². The summed E-state index contributed by atoms with van der Waals surface area (Å²) in [5.41, 5.74) is 0.872. The molecule has 0 aromatic carbocycles. The van der Waals surface area contributed by atoms with Gasteiger partial charge < -0.3 is 20.5 Å². The lowest BCUT2D eigenvalue weighted by molar-refractivity contribution is -0.118. The van der Waals surface area contributed by atoms with E-state index >= 15 is 0 Å². The third kappa shape index (κ3) is 5.08. The maximum Gasteiger partial charge on any atom is 0.315 e. The monoisotopic (exact) mass is 542 g/mol. The second-order valence-corrected chi connectivity index (χ2v) is 15.8. The van der Waals surface area contributed by atoms with Crippen LogP contribution < -0.4 is 10.6 Å². The summed E-state index contributed by atoms with van der Waals surface area (Å²) in [5.74, 6) is 5.02. The van der Waals surface area contributed by atoms with E-state index in [0.717, 1.165) is 55.8 Å². The molecule has 0 spiro atoms. The number of amides is 2. The van der Waals surface area contributed by atoms with Crippen LogP contribution >= 0.6 is 0 Å². The van der Waals surface area contributed by atoms with Crippen LogP contribution in [0.5, 0.6) is 0 Å². The van der Waals surface area contributed by atoms with E-state index in [9.17, 15) is 9.90 Å². The summed E-state index contributed by atoms with van der Waals surface area (Å²) in [6.07, 6.45) is 19.6. The van der Waals surface area contributed by atoms with E-state index in [0.29, 0.717) is 59.5 Å². The highest BCUT2D eigenvalue weighted by Crippen LogP contribution is 2.70. The van der Waals surface area contributed by atoms with Crippen molar-refractivity contribution in [3.8, 4) is 0 Å². The number of carbonyl (C=O) groups excluding carboxylic acids is 1. The number of carbonyl (C=O) groups is 1. The molecule has 0 unspecified atom stereocenters. The minimum absolute atomic E-state index is 0.0911. The zero-order chi connectivity index (χ0) is 27.4. The normalized spacial score (nSPS) is 48.4. The van der Waals surface area contributed by atoms with Gasteiger partial charge in [-0.25, -0.2) is 4.79 Å². The molecule has 0 aromatic rings. The Morgan fingerprint density at radius 1 is 0.923 bits per heavy atom. The summed E-state index contributed by atoms with van der Waals surface area (Å²) >= 11 is 0. The van der Waals surface area contributed by atoms with Gasteiger partial charge in [0.25, 0.3) is 0 Å². The first kappa shape index (κ1) is 28.3. The quantitative estimate of drug-likeness (QED) is 0.336. The lowest BCUT2D eigenvalue weighted by Crippen LogP contribution is -2.56. The average molecular weight is 543 g/mol. The molecule has 1 heterocycles. The lowest BCUT2D eigenvalue weighted by Gasteiger charge is -2.61. The van der Waals surface area contributed by atoms with Crippen molar-refractivity contribution in [3.05, 3.63) is 0 Å². The summed E-state index contributed by atoms with van der Waals surface area (Å²) in [4.78, 5) is 12.8. The lowest BCUT2D eigenvalue weighted by atomic mass is 9.44. The summed E-state index contributed by atoms with van der Waals surface area (Å²) in [6.45, 7) is 10.2. The van der Waals surface area contributed by atoms with Gasteiger partial charge in [0.05, 0.1) is 12.2 Å². The molecule has 0 bridgehead atoms. The molecule has 39 heavy (non-hydrogen) atoms. The van der Waals surface area contributed by atoms with E-state index in [2.05, 4.69) is 38.3 Å². The van der Waals surface area contributed by atoms with Gasteiger partial charge in [0, 0.05) is 18.7 Å². The van der Waals surface area contributed by atoms with Crippen molar-refractivity contribution in [2.24, 2.45) is 52.3 Å². The van der Waals surface area contributed by atoms with Crippen molar-refractivity contribution in [2.45, 2.75) is 148 Å².